The van der Waals surface area contributed by atoms with Gasteiger partial charge in [0, 0.05) is 19.8 Å². The molecular formula is C29H44O7. The van der Waals surface area contributed by atoms with Gasteiger partial charge < -0.3 is 24.1 Å². The number of ketones is 1. The highest BCUT2D eigenvalue weighted by Gasteiger charge is 2.57. The molecule has 0 aliphatic carbocycles. The van der Waals surface area contributed by atoms with Crippen molar-refractivity contribution < 1.29 is 33.6 Å². The van der Waals surface area contributed by atoms with Crippen LogP contribution < -0.4 is 0 Å². The zero-order valence-corrected chi connectivity index (χ0v) is 22.6. The van der Waals surface area contributed by atoms with Gasteiger partial charge in [0.1, 0.15) is 23.9 Å². The number of ether oxygens (including phenoxy) is 4. The first-order valence-electron chi connectivity index (χ1n) is 13.4. The van der Waals surface area contributed by atoms with Crippen LogP contribution in [0.3, 0.4) is 0 Å². The molecule has 9 atom stereocenters. The average Bonchev–Trinajstić information content (AvgIpc) is 3.59. The molecule has 0 bridgehead atoms. The SMILES string of the molecule is CC[C@H]1C[C@@]2(CO2)[C@H](O)C(/C=C/C(C)=C/C[C@@H]2O[C@H](C)[C@H](CC(=O)/C=C\[C@H](C)OC(C)=O)C[C@@H]2C)O1. The number of epoxide rings is 1. The maximum Gasteiger partial charge on any atom is 0.303 e. The fraction of sp³-hybridized carbons (Fsp3) is 0.724. The molecule has 0 amide bonds. The first kappa shape index (κ1) is 28.8. The second-order valence-electron chi connectivity index (χ2n) is 10.9. The second kappa shape index (κ2) is 12.6. The lowest BCUT2D eigenvalue weighted by molar-refractivity contribution is -0.143. The Balaban J connectivity index is 1.48. The van der Waals surface area contributed by atoms with Gasteiger partial charge in [0.25, 0.3) is 0 Å². The van der Waals surface area contributed by atoms with Crippen LogP contribution in [-0.4, -0.2) is 65.7 Å². The van der Waals surface area contributed by atoms with E-state index in [2.05, 4.69) is 19.9 Å². The van der Waals surface area contributed by atoms with Crippen molar-refractivity contribution in [2.45, 2.75) is 116 Å². The normalized spacial score (nSPS) is 38.0. The Morgan fingerprint density at radius 1 is 1.19 bits per heavy atom. The molecule has 202 valence electrons. The highest BCUT2D eigenvalue weighted by atomic mass is 16.6. The molecule has 0 aromatic heterocycles. The maximum atomic E-state index is 12.4. The Hall–Kier alpha value is -1.80. The minimum Gasteiger partial charge on any atom is -0.459 e. The van der Waals surface area contributed by atoms with Crippen molar-refractivity contribution in [3.63, 3.8) is 0 Å². The van der Waals surface area contributed by atoms with Crippen molar-refractivity contribution in [3.8, 4) is 0 Å². The van der Waals surface area contributed by atoms with Crippen LogP contribution in [0.15, 0.2) is 36.0 Å². The van der Waals surface area contributed by atoms with Crippen molar-refractivity contribution >= 4 is 11.8 Å². The number of allylic oxidation sites excluding steroid dienone is 3. The Bertz CT molecular complexity index is 856. The van der Waals surface area contributed by atoms with Crippen LogP contribution in [0.5, 0.6) is 0 Å². The van der Waals surface area contributed by atoms with Crippen LogP contribution in [-0.2, 0) is 28.5 Å². The van der Waals surface area contributed by atoms with E-state index in [4.69, 9.17) is 18.9 Å². The van der Waals surface area contributed by atoms with Crippen LogP contribution in [0.4, 0.5) is 0 Å². The van der Waals surface area contributed by atoms with Crippen LogP contribution in [0.2, 0.25) is 0 Å². The standard InChI is InChI=1S/C29H44O7/c1-7-25-16-29(17-33-29)28(32)27(36-25)13-9-18(2)8-12-26-19(3)14-23(21(5)35-26)15-24(31)11-10-20(4)34-22(6)30/h8-11,13,19-21,23,25-28,32H,7,12,14-17H2,1-6H3/b11-10-,13-9+,18-8+/t19-,20-,21+,23-,25-,26-,27?,28+,29+/m0/s1. The molecule has 1 N–H and O–H groups in total. The van der Waals surface area contributed by atoms with Crippen molar-refractivity contribution in [2.75, 3.05) is 6.61 Å². The van der Waals surface area contributed by atoms with Gasteiger partial charge in [0.2, 0.25) is 0 Å². The summed E-state index contributed by atoms with van der Waals surface area (Å²) >= 11 is 0. The van der Waals surface area contributed by atoms with E-state index < -0.39 is 17.8 Å². The minimum atomic E-state index is -0.633. The fourth-order valence-electron chi connectivity index (χ4n) is 5.29. The number of aliphatic hydroxyl groups is 1. The van der Waals surface area contributed by atoms with Gasteiger partial charge in [-0.15, -0.1) is 0 Å². The minimum absolute atomic E-state index is 0.00909. The molecule has 3 fully saturated rings. The zero-order chi connectivity index (χ0) is 26.5. The molecule has 3 heterocycles. The molecule has 3 aliphatic rings. The molecule has 1 spiro atoms. The Kier molecular flexibility index (Phi) is 10.1. The number of carbonyl (C=O) groups excluding carboxylic acids is 2. The molecule has 3 rings (SSSR count). The van der Waals surface area contributed by atoms with E-state index in [9.17, 15) is 14.7 Å². The van der Waals surface area contributed by atoms with Crippen LogP contribution in [0.25, 0.3) is 0 Å². The first-order valence-corrected chi connectivity index (χ1v) is 13.4. The van der Waals surface area contributed by atoms with Crippen molar-refractivity contribution in [1.82, 2.24) is 0 Å². The molecule has 0 aromatic rings. The molecule has 0 saturated carbocycles. The quantitative estimate of drug-likeness (QED) is 0.203. The lowest BCUT2D eigenvalue weighted by atomic mass is 9.81. The molecule has 0 aromatic carbocycles. The monoisotopic (exact) mass is 504 g/mol. The van der Waals surface area contributed by atoms with E-state index in [-0.39, 0.29) is 42.1 Å². The van der Waals surface area contributed by atoms with Crippen LogP contribution in [0.1, 0.15) is 73.6 Å². The number of esters is 1. The van der Waals surface area contributed by atoms with Gasteiger partial charge in [-0.1, -0.05) is 37.6 Å². The maximum absolute atomic E-state index is 12.4. The highest BCUT2D eigenvalue weighted by Crippen LogP contribution is 2.43. The lowest BCUT2D eigenvalue weighted by Crippen LogP contribution is -2.49. The zero-order valence-electron chi connectivity index (χ0n) is 22.6. The number of rotatable bonds is 10. The van der Waals surface area contributed by atoms with Crippen molar-refractivity contribution in [1.29, 1.82) is 0 Å². The topological polar surface area (TPSA) is 94.6 Å². The summed E-state index contributed by atoms with van der Waals surface area (Å²) in [5.41, 5.74) is 0.685. The summed E-state index contributed by atoms with van der Waals surface area (Å²) in [7, 11) is 0. The second-order valence-corrected chi connectivity index (χ2v) is 10.9. The van der Waals surface area contributed by atoms with Crippen molar-refractivity contribution in [2.24, 2.45) is 11.8 Å². The summed E-state index contributed by atoms with van der Waals surface area (Å²) in [6, 6.07) is 0. The van der Waals surface area contributed by atoms with Gasteiger partial charge in [-0.25, -0.2) is 0 Å². The van der Waals surface area contributed by atoms with Gasteiger partial charge in [-0.05, 0) is 64.0 Å². The van der Waals surface area contributed by atoms with E-state index in [1.54, 1.807) is 13.0 Å². The van der Waals surface area contributed by atoms with Crippen molar-refractivity contribution in [3.05, 3.63) is 36.0 Å². The smallest absolute Gasteiger partial charge is 0.303 e. The van der Waals surface area contributed by atoms with E-state index >= 15 is 0 Å². The molecular weight excluding hydrogens is 460 g/mol. The summed E-state index contributed by atoms with van der Waals surface area (Å²) in [4.78, 5) is 23.4. The number of carbonyl (C=O) groups is 2. The molecule has 7 heteroatoms. The van der Waals surface area contributed by atoms with Crippen LogP contribution in [0, 0.1) is 11.8 Å². The third kappa shape index (κ3) is 7.85. The van der Waals surface area contributed by atoms with Crippen LogP contribution >= 0.6 is 0 Å². The van der Waals surface area contributed by atoms with Gasteiger partial charge in [-0.3, -0.25) is 9.59 Å². The highest BCUT2D eigenvalue weighted by molar-refractivity contribution is 5.89. The third-order valence-electron chi connectivity index (χ3n) is 7.70. The van der Waals surface area contributed by atoms with Gasteiger partial charge in [-0.2, -0.15) is 0 Å². The summed E-state index contributed by atoms with van der Waals surface area (Å²) in [6.07, 6.45) is 11.9. The molecule has 1 unspecified atom stereocenters. The molecule has 36 heavy (non-hydrogen) atoms. The molecule has 3 saturated heterocycles. The van der Waals surface area contributed by atoms with E-state index in [1.165, 1.54) is 13.0 Å². The molecule has 0 radical (unpaired) electrons. The summed E-state index contributed by atoms with van der Waals surface area (Å²) in [6.45, 7) is 12.1. The Morgan fingerprint density at radius 3 is 2.56 bits per heavy atom. The van der Waals surface area contributed by atoms with E-state index in [1.807, 2.05) is 26.0 Å². The third-order valence-corrected chi connectivity index (χ3v) is 7.70. The first-order chi connectivity index (χ1) is 17.0. The summed E-state index contributed by atoms with van der Waals surface area (Å²) in [5.74, 6) is 0.157. The van der Waals surface area contributed by atoms with Gasteiger partial charge >= 0.3 is 5.97 Å². The average molecular weight is 505 g/mol. The summed E-state index contributed by atoms with van der Waals surface area (Å²) in [5, 5.41) is 10.7. The van der Waals surface area contributed by atoms with E-state index in [0.717, 1.165) is 31.3 Å². The number of aliphatic hydroxyl groups excluding tert-OH is 1. The number of hydrogen-bond donors (Lipinski definition) is 1. The van der Waals surface area contributed by atoms with Gasteiger partial charge in [0.05, 0.1) is 24.9 Å². The Morgan fingerprint density at radius 2 is 1.92 bits per heavy atom. The predicted octanol–water partition coefficient (Wildman–Crippen LogP) is 4.47. The lowest BCUT2D eigenvalue weighted by Gasteiger charge is -2.38. The Labute approximate surface area is 215 Å². The summed E-state index contributed by atoms with van der Waals surface area (Å²) < 4.78 is 23.0. The fourth-order valence-corrected chi connectivity index (χ4v) is 5.29. The largest absolute Gasteiger partial charge is 0.459 e. The van der Waals surface area contributed by atoms with E-state index in [0.29, 0.717) is 18.9 Å². The molecule has 7 nitrogen and oxygen atoms in total. The predicted molar refractivity (Wildman–Crippen MR) is 137 cm³/mol. The number of hydrogen-bond acceptors (Lipinski definition) is 7. The molecule has 3 aliphatic heterocycles. The van der Waals surface area contributed by atoms with Gasteiger partial charge in [0.15, 0.2) is 5.78 Å².